The van der Waals surface area contributed by atoms with E-state index in [4.69, 9.17) is 9.97 Å². The largest absolute Gasteiger partial charge is 0.309 e. The Morgan fingerprint density at radius 3 is 1.72 bits per heavy atom. The van der Waals surface area contributed by atoms with Gasteiger partial charge in [0.15, 0.2) is 5.82 Å². The lowest BCUT2D eigenvalue weighted by molar-refractivity contribution is 1.19. The molecule has 11 rings (SSSR count). The van der Waals surface area contributed by atoms with Crippen molar-refractivity contribution in [1.29, 1.82) is 0 Å². The van der Waals surface area contributed by atoms with Crippen LogP contribution in [0.4, 0.5) is 0 Å². The zero-order valence-corrected chi connectivity index (χ0v) is 28.7. The molecule has 0 saturated carbocycles. The van der Waals surface area contributed by atoms with Crippen LogP contribution in [0, 0.1) is 0 Å². The van der Waals surface area contributed by atoms with E-state index in [1.807, 2.05) is 6.07 Å². The van der Waals surface area contributed by atoms with E-state index in [9.17, 15) is 0 Å². The highest BCUT2D eigenvalue weighted by Gasteiger charge is 2.22. The molecule has 0 aliphatic heterocycles. The molecule has 3 nitrogen and oxygen atoms in total. The van der Waals surface area contributed by atoms with Gasteiger partial charge in [-0.1, -0.05) is 158 Å². The summed E-state index contributed by atoms with van der Waals surface area (Å²) in [5.41, 5.74) is 9.86. The summed E-state index contributed by atoms with van der Waals surface area (Å²) in [6.45, 7) is 0. The van der Waals surface area contributed by atoms with Crippen molar-refractivity contribution >= 4 is 65.0 Å². The van der Waals surface area contributed by atoms with Crippen molar-refractivity contribution in [3.05, 3.63) is 188 Å². The average Bonchev–Trinajstić information content (AvgIpc) is 3.58. The van der Waals surface area contributed by atoms with Crippen molar-refractivity contribution in [1.82, 2.24) is 14.5 Å². The first-order chi connectivity index (χ1) is 26.3. The van der Waals surface area contributed by atoms with Gasteiger partial charge in [0.2, 0.25) is 0 Å². The summed E-state index contributed by atoms with van der Waals surface area (Å²) in [6.07, 6.45) is 0. The second kappa shape index (κ2) is 11.7. The van der Waals surface area contributed by atoms with E-state index in [1.54, 1.807) is 0 Å². The molecule has 2 heterocycles. The van der Waals surface area contributed by atoms with Crippen molar-refractivity contribution in [2.24, 2.45) is 0 Å². The van der Waals surface area contributed by atoms with E-state index in [-0.39, 0.29) is 0 Å². The molecule has 3 heteroatoms. The molecular formula is C50H31N3. The summed E-state index contributed by atoms with van der Waals surface area (Å²) >= 11 is 0. The lowest BCUT2D eigenvalue weighted by atomic mass is 9.94. The van der Waals surface area contributed by atoms with E-state index >= 15 is 0 Å². The lowest BCUT2D eigenvalue weighted by Crippen LogP contribution is -1.99. The van der Waals surface area contributed by atoms with Gasteiger partial charge in [-0.25, -0.2) is 9.97 Å². The Labute approximate surface area is 306 Å². The Kier molecular flexibility index (Phi) is 6.55. The van der Waals surface area contributed by atoms with Gasteiger partial charge >= 0.3 is 0 Å². The summed E-state index contributed by atoms with van der Waals surface area (Å²) in [7, 11) is 0. The maximum Gasteiger partial charge on any atom is 0.161 e. The quantitative estimate of drug-likeness (QED) is 0.186. The van der Waals surface area contributed by atoms with E-state index in [1.165, 1.54) is 54.5 Å². The molecule has 0 fully saturated rings. The topological polar surface area (TPSA) is 30.7 Å². The molecular weight excluding hydrogens is 643 g/mol. The van der Waals surface area contributed by atoms with Crippen LogP contribution in [-0.2, 0) is 0 Å². The maximum absolute atomic E-state index is 5.28. The van der Waals surface area contributed by atoms with E-state index in [0.29, 0.717) is 0 Å². The highest BCUT2D eigenvalue weighted by molar-refractivity contribution is 6.30. The number of fused-ring (bicyclic) bond motifs is 9. The van der Waals surface area contributed by atoms with Crippen LogP contribution in [0.15, 0.2) is 188 Å². The Morgan fingerprint density at radius 2 is 0.943 bits per heavy atom. The molecule has 11 aromatic rings. The molecule has 0 N–H and O–H groups in total. The predicted octanol–water partition coefficient (Wildman–Crippen LogP) is 13.2. The van der Waals surface area contributed by atoms with Crippen LogP contribution in [-0.4, -0.2) is 14.5 Å². The average molecular weight is 674 g/mol. The zero-order chi connectivity index (χ0) is 34.9. The van der Waals surface area contributed by atoms with Crippen molar-refractivity contribution in [2.75, 3.05) is 0 Å². The van der Waals surface area contributed by atoms with E-state index < -0.39 is 0 Å². The van der Waals surface area contributed by atoms with Gasteiger partial charge in [-0.05, 0) is 68.4 Å². The third-order valence-corrected chi connectivity index (χ3v) is 10.8. The summed E-state index contributed by atoms with van der Waals surface area (Å²) < 4.78 is 2.48. The summed E-state index contributed by atoms with van der Waals surface area (Å²) in [5, 5.41) is 10.8. The first kappa shape index (κ1) is 29.6. The minimum atomic E-state index is 0.718. The lowest BCUT2D eigenvalue weighted by Gasteiger charge is -2.16. The molecule has 246 valence electrons. The van der Waals surface area contributed by atoms with Gasteiger partial charge in [-0.2, -0.15) is 0 Å². The third-order valence-electron chi connectivity index (χ3n) is 10.8. The highest BCUT2D eigenvalue weighted by Crippen LogP contribution is 2.45. The van der Waals surface area contributed by atoms with Gasteiger partial charge in [0.05, 0.1) is 27.9 Å². The SMILES string of the molecule is c1ccc(-c2nc(-c3ccc(-n4c5ccc6ccccc6c5c5c6ccccc6c(-c6ccccc6)cc54)c4ccccc34)nc3ccccc23)cc1. The maximum atomic E-state index is 5.28. The fourth-order valence-electron chi connectivity index (χ4n) is 8.44. The Balaban J connectivity index is 1.25. The fraction of sp³-hybridized carbons (Fsp3) is 0. The Morgan fingerprint density at radius 1 is 0.358 bits per heavy atom. The van der Waals surface area contributed by atoms with Gasteiger partial charge in [-0.3, -0.25) is 0 Å². The van der Waals surface area contributed by atoms with Crippen LogP contribution in [0.1, 0.15) is 0 Å². The Hall–Kier alpha value is -7.10. The second-order valence-electron chi connectivity index (χ2n) is 13.7. The Bertz CT molecular complexity index is 3210. The number of aromatic nitrogens is 3. The molecule has 9 aromatic carbocycles. The van der Waals surface area contributed by atoms with Gasteiger partial charge in [-0.15, -0.1) is 0 Å². The third kappa shape index (κ3) is 4.54. The van der Waals surface area contributed by atoms with E-state index in [0.717, 1.165) is 50.0 Å². The number of hydrogen-bond donors (Lipinski definition) is 0. The molecule has 0 aliphatic carbocycles. The molecule has 0 radical (unpaired) electrons. The number of nitrogens with zero attached hydrogens (tertiary/aromatic N) is 3. The summed E-state index contributed by atoms with van der Waals surface area (Å²) in [6, 6.07) is 67.3. The minimum Gasteiger partial charge on any atom is -0.309 e. The second-order valence-corrected chi connectivity index (χ2v) is 13.7. The minimum absolute atomic E-state index is 0.718. The van der Waals surface area contributed by atoms with Crippen molar-refractivity contribution in [3.8, 4) is 39.5 Å². The van der Waals surface area contributed by atoms with Crippen molar-refractivity contribution in [3.63, 3.8) is 0 Å². The normalized spacial score (nSPS) is 11.8. The first-order valence-electron chi connectivity index (χ1n) is 18.1. The first-order valence-corrected chi connectivity index (χ1v) is 18.1. The monoisotopic (exact) mass is 673 g/mol. The number of rotatable bonds is 4. The highest BCUT2D eigenvalue weighted by atomic mass is 15.0. The molecule has 2 aromatic heterocycles. The number of para-hydroxylation sites is 1. The zero-order valence-electron chi connectivity index (χ0n) is 28.7. The van der Waals surface area contributed by atoms with Crippen LogP contribution in [0.3, 0.4) is 0 Å². The standard InChI is InChI=1S/C50H31N3/c1-3-15-32(16-4-1)42-31-46-48(39-24-12-10-22-37(39)42)47-35-20-8-7-17-33(35)27-29-45(47)53(46)44-30-28-40(36-21-9-11-23-38(36)44)50-51-43-26-14-13-25-41(43)49(52-50)34-18-5-2-6-19-34/h1-31H. The summed E-state index contributed by atoms with van der Waals surface area (Å²) in [5.74, 6) is 0.718. The van der Waals surface area contributed by atoms with Gasteiger partial charge in [0.1, 0.15) is 0 Å². The van der Waals surface area contributed by atoms with Crippen LogP contribution in [0.5, 0.6) is 0 Å². The van der Waals surface area contributed by atoms with Crippen LogP contribution in [0.25, 0.3) is 104 Å². The molecule has 0 saturated heterocycles. The smallest absolute Gasteiger partial charge is 0.161 e. The van der Waals surface area contributed by atoms with Gasteiger partial charge < -0.3 is 4.57 Å². The van der Waals surface area contributed by atoms with Crippen molar-refractivity contribution in [2.45, 2.75) is 0 Å². The molecule has 0 bridgehead atoms. The van der Waals surface area contributed by atoms with Gasteiger partial charge in [0.25, 0.3) is 0 Å². The van der Waals surface area contributed by atoms with E-state index in [2.05, 4.69) is 187 Å². The van der Waals surface area contributed by atoms with Crippen molar-refractivity contribution < 1.29 is 0 Å². The van der Waals surface area contributed by atoms with Gasteiger partial charge in [0, 0.05) is 32.7 Å². The molecule has 0 spiro atoms. The molecule has 0 unspecified atom stereocenters. The number of benzene rings is 9. The van der Waals surface area contributed by atoms with Crippen LogP contribution >= 0.6 is 0 Å². The fourth-order valence-corrected chi connectivity index (χ4v) is 8.44. The van der Waals surface area contributed by atoms with Crippen LogP contribution in [0.2, 0.25) is 0 Å². The van der Waals surface area contributed by atoms with Crippen LogP contribution < -0.4 is 0 Å². The molecule has 0 atom stereocenters. The molecule has 0 aliphatic rings. The molecule has 53 heavy (non-hydrogen) atoms. The number of hydrogen-bond acceptors (Lipinski definition) is 2. The predicted molar refractivity (Wildman–Crippen MR) is 223 cm³/mol. The molecule has 0 amide bonds. The summed E-state index contributed by atoms with van der Waals surface area (Å²) in [4.78, 5) is 10.4.